The van der Waals surface area contributed by atoms with Gasteiger partial charge in [-0.15, -0.1) is 0 Å². The number of hydrogen-bond donors (Lipinski definition) is 2. The van der Waals surface area contributed by atoms with Crippen molar-refractivity contribution in [1.29, 1.82) is 0 Å². The molecule has 1 heterocycles. The first-order valence-corrected chi connectivity index (χ1v) is 5.88. The summed E-state index contributed by atoms with van der Waals surface area (Å²) in [6.07, 6.45) is 0. The Hall–Kier alpha value is -2.08. The van der Waals surface area contributed by atoms with Gasteiger partial charge < -0.3 is 20.5 Å². The Morgan fingerprint density at radius 2 is 2.16 bits per heavy atom. The van der Waals surface area contributed by atoms with E-state index in [0.29, 0.717) is 17.9 Å². The fraction of sp³-hybridized carbons (Fsp3) is 0.385. The van der Waals surface area contributed by atoms with Crippen molar-refractivity contribution in [3.05, 3.63) is 29.3 Å². The molecule has 0 radical (unpaired) electrons. The molecule has 0 saturated heterocycles. The first-order valence-electron chi connectivity index (χ1n) is 5.88. The second kappa shape index (κ2) is 4.55. The first-order chi connectivity index (χ1) is 8.78. The highest BCUT2D eigenvalue weighted by atomic mass is 16.6. The smallest absolute Gasteiger partial charge is 0.248 e. The van der Waals surface area contributed by atoms with Crippen LogP contribution >= 0.6 is 0 Å². The third kappa shape index (κ3) is 2.85. The number of rotatable bonds is 1. The van der Waals surface area contributed by atoms with Gasteiger partial charge in [-0.1, -0.05) is 6.07 Å². The Bertz CT molecular complexity index is 539. The summed E-state index contributed by atoms with van der Waals surface area (Å²) in [5.41, 5.74) is 6.22. The van der Waals surface area contributed by atoms with E-state index in [2.05, 4.69) is 0 Å². The third-order valence-electron chi connectivity index (χ3n) is 2.97. The van der Waals surface area contributed by atoms with E-state index in [1.54, 1.807) is 12.1 Å². The average Bonchev–Trinajstić information content (AvgIpc) is 2.42. The fourth-order valence-electron chi connectivity index (χ4n) is 2.04. The molecule has 6 nitrogen and oxygen atoms in total. The van der Waals surface area contributed by atoms with Crippen molar-refractivity contribution in [1.82, 2.24) is 4.90 Å². The van der Waals surface area contributed by atoms with Crippen molar-refractivity contribution >= 4 is 11.8 Å². The number of fused-ring (bicyclic) bond motifs is 1. The van der Waals surface area contributed by atoms with Gasteiger partial charge in [0, 0.05) is 31.5 Å². The van der Waals surface area contributed by atoms with Crippen LogP contribution in [0.25, 0.3) is 0 Å². The van der Waals surface area contributed by atoms with Crippen LogP contribution in [0.4, 0.5) is 0 Å². The van der Waals surface area contributed by atoms with Crippen molar-refractivity contribution in [2.24, 2.45) is 5.73 Å². The first kappa shape index (κ1) is 13.4. The average molecular weight is 264 g/mol. The zero-order chi connectivity index (χ0) is 14.2. The van der Waals surface area contributed by atoms with E-state index in [1.165, 1.54) is 24.8 Å². The number of nitrogens with two attached hydrogens (primary N) is 1. The summed E-state index contributed by atoms with van der Waals surface area (Å²) < 4.78 is 5.47. The van der Waals surface area contributed by atoms with Gasteiger partial charge in [0.15, 0.2) is 0 Å². The van der Waals surface area contributed by atoms with Crippen molar-refractivity contribution < 1.29 is 19.4 Å². The predicted octanol–water partition coefficient (Wildman–Crippen LogP) is 0.235. The molecule has 0 aliphatic carbocycles. The van der Waals surface area contributed by atoms with Crippen LogP contribution in [-0.2, 0) is 11.3 Å². The number of aliphatic hydroxyl groups is 1. The number of carbonyl (C=O) groups excluding carboxylic acids is 2. The topological polar surface area (TPSA) is 92.9 Å². The summed E-state index contributed by atoms with van der Waals surface area (Å²) in [6.45, 7) is 3.27. The van der Waals surface area contributed by atoms with E-state index in [1.807, 2.05) is 0 Å². The number of nitrogens with zero attached hydrogens (tertiary/aromatic N) is 1. The van der Waals surface area contributed by atoms with E-state index in [4.69, 9.17) is 10.5 Å². The molecule has 0 saturated carbocycles. The number of benzene rings is 1. The molecule has 1 aromatic carbocycles. The van der Waals surface area contributed by atoms with Gasteiger partial charge in [-0.2, -0.15) is 0 Å². The maximum absolute atomic E-state index is 11.5. The lowest BCUT2D eigenvalue weighted by Crippen LogP contribution is -2.44. The second-order valence-electron chi connectivity index (χ2n) is 4.84. The summed E-state index contributed by atoms with van der Waals surface area (Å²) in [5.74, 6) is -1.87. The normalized spacial score (nSPS) is 22.2. The zero-order valence-electron chi connectivity index (χ0n) is 10.8. The summed E-state index contributed by atoms with van der Waals surface area (Å²) in [7, 11) is 0. The second-order valence-corrected chi connectivity index (χ2v) is 4.84. The van der Waals surface area contributed by atoms with Gasteiger partial charge >= 0.3 is 0 Å². The molecule has 3 N–H and O–H groups in total. The minimum atomic E-state index is -1.51. The maximum atomic E-state index is 11.5. The van der Waals surface area contributed by atoms with Crippen LogP contribution < -0.4 is 10.5 Å². The Kier molecular flexibility index (Phi) is 3.20. The van der Waals surface area contributed by atoms with Crippen LogP contribution in [0.3, 0.4) is 0 Å². The molecular weight excluding hydrogens is 248 g/mol. The Balaban J connectivity index is 2.44. The highest BCUT2D eigenvalue weighted by Gasteiger charge is 2.32. The molecule has 0 unspecified atom stereocenters. The molecule has 0 bridgehead atoms. The molecule has 0 aromatic heterocycles. The lowest BCUT2D eigenvalue weighted by molar-refractivity contribution is -0.151. The van der Waals surface area contributed by atoms with Crippen LogP contribution in [0.15, 0.2) is 18.2 Å². The summed E-state index contributed by atoms with van der Waals surface area (Å²) >= 11 is 0. The van der Waals surface area contributed by atoms with Crippen molar-refractivity contribution in [2.75, 3.05) is 6.54 Å². The predicted molar refractivity (Wildman–Crippen MR) is 67.3 cm³/mol. The Labute approximate surface area is 110 Å². The SMILES string of the molecule is CC(=O)N1Cc2ccc(C(N)=O)cc2O[C@@](C)(O)C1. The molecule has 1 aliphatic rings. The monoisotopic (exact) mass is 264 g/mol. The number of primary amides is 1. The van der Waals surface area contributed by atoms with Gasteiger partial charge in [0.1, 0.15) is 5.75 Å². The quantitative estimate of drug-likeness (QED) is 0.759. The molecule has 6 heteroatoms. The van der Waals surface area contributed by atoms with Crippen LogP contribution in [0.1, 0.15) is 29.8 Å². The third-order valence-corrected chi connectivity index (χ3v) is 2.97. The number of ether oxygens (including phenoxy) is 1. The van der Waals surface area contributed by atoms with Crippen molar-refractivity contribution in [3.8, 4) is 5.75 Å². The highest BCUT2D eigenvalue weighted by molar-refractivity contribution is 5.93. The molecule has 1 aliphatic heterocycles. The lowest BCUT2D eigenvalue weighted by atomic mass is 10.1. The van der Waals surface area contributed by atoms with Crippen LogP contribution in [0.5, 0.6) is 5.75 Å². The van der Waals surface area contributed by atoms with E-state index in [9.17, 15) is 14.7 Å². The van der Waals surface area contributed by atoms with Crippen LogP contribution in [0, 0.1) is 0 Å². The largest absolute Gasteiger partial charge is 0.461 e. The Morgan fingerprint density at radius 1 is 1.47 bits per heavy atom. The van der Waals surface area contributed by atoms with E-state index < -0.39 is 11.7 Å². The van der Waals surface area contributed by atoms with Gasteiger partial charge in [-0.25, -0.2) is 0 Å². The van der Waals surface area contributed by atoms with Crippen molar-refractivity contribution in [3.63, 3.8) is 0 Å². The Morgan fingerprint density at radius 3 is 2.74 bits per heavy atom. The summed E-state index contributed by atoms with van der Waals surface area (Å²) in [6, 6.07) is 4.73. The van der Waals surface area contributed by atoms with Crippen LogP contribution in [0.2, 0.25) is 0 Å². The molecule has 1 aromatic rings. The van der Waals surface area contributed by atoms with Gasteiger partial charge in [-0.05, 0) is 12.1 Å². The van der Waals surface area contributed by atoms with E-state index >= 15 is 0 Å². The molecule has 1 atom stereocenters. The number of hydrogen-bond acceptors (Lipinski definition) is 4. The molecule has 0 spiro atoms. The molecule has 2 amide bonds. The van der Waals surface area contributed by atoms with Crippen LogP contribution in [-0.4, -0.2) is 34.2 Å². The minimum absolute atomic E-state index is 0.0585. The summed E-state index contributed by atoms with van der Waals surface area (Å²) in [5, 5.41) is 10.1. The van der Waals surface area contributed by atoms with Gasteiger partial charge in [0.25, 0.3) is 0 Å². The molecule has 0 fully saturated rings. The van der Waals surface area contributed by atoms with Gasteiger partial charge in [-0.3, -0.25) is 9.59 Å². The highest BCUT2D eigenvalue weighted by Crippen LogP contribution is 2.29. The molecule has 19 heavy (non-hydrogen) atoms. The molecular formula is C13H16N2O4. The summed E-state index contributed by atoms with van der Waals surface area (Å²) in [4.78, 5) is 24.1. The zero-order valence-corrected chi connectivity index (χ0v) is 10.8. The standard InChI is InChI=1S/C13H16N2O4/c1-8(16)15-6-10-4-3-9(12(14)17)5-11(10)19-13(2,18)7-15/h3-5,18H,6-7H2,1-2H3,(H2,14,17)/t13-/m1/s1. The minimum Gasteiger partial charge on any atom is -0.461 e. The van der Waals surface area contributed by atoms with E-state index in [-0.39, 0.29) is 12.5 Å². The maximum Gasteiger partial charge on any atom is 0.248 e. The molecule has 102 valence electrons. The number of carbonyl (C=O) groups is 2. The van der Waals surface area contributed by atoms with Crippen molar-refractivity contribution in [2.45, 2.75) is 26.2 Å². The van der Waals surface area contributed by atoms with Gasteiger partial charge in [0.2, 0.25) is 17.6 Å². The van der Waals surface area contributed by atoms with Gasteiger partial charge in [0.05, 0.1) is 6.54 Å². The van der Waals surface area contributed by atoms with E-state index in [0.717, 1.165) is 5.56 Å². The molecule has 2 rings (SSSR count). The lowest BCUT2D eigenvalue weighted by Gasteiger charge is -2.27. The number of amides is 2. The fourth-order valence-corrected chi connectivity index (χ4v) is 2.04. The number of β-amino-alcohol motifs (C(OH)–C–C–N with tert-alkyl or cyclic N) is 1.